The van der Waals surface area contributed by atoms with Gasteiger partial charge in [-0.25, -0.2) is 9.18 Å². The number of halogens is 1. The van der Waals surface area contributed by atoms with Gasteiger partial charge in [-0.2, -0.15) is 0 Å². The molecule has 2 aromatic rings. The first-order valence-corrected chi connectivity index (χ1v) is 7.03. The van der Waals surface area contributed by atoms with Gasteiger partial charge in [0.25, 0.3) is 5.91 Å². The van der Waals surface area contributed by atoms with Crippen molar-refractivity contribution in [3.8, 4) is 0 Å². The molecule has 0 spiro atoms. The number of aromatic nitrogens is 1. The summed E-state index contributed by atoms with van der Waals surface area (Å²) in [5.41, 5.74) is -0.775. The summed E-state index contributed by atoms with van der Waals surface area (Å²) in [5, 5.41) is 9.94. The molecule has 1 aliphatic heterocycles. The van der Waals surface area contributed by atoms with Crippen LogP contribution in [0.4, 0.5) is 4.39 Å². The van der Waals surface area contributed by atoms with Crippen LogP contribution in [0.15, 0.2) is 30.5 Å². The van der Waals surface area contributed by atoms with Gasteiger partial charge in [0.2, 0.25) is 0 Å². The van der Waals surface area contributed by atoms with Crippen LogP contribution in [-0.2, 0) is 4.79 Å². The number of benzene rings is 1. The summed E-state index contributed by atoms with van der Waals surface area (Å²) in [5.74, 6) is -2.09. The number of rotatable bonds is 2. The van der Waals surface area contributed by atoms with Crippen molar-refractivity contribution < 1.29 is 19.1 Å². The number of hydrogen-bond donors (Lipinski definition) is 1. The fraction of sp³-hybridized carbons (Fsp3) is 0.312. The van der Waals surface area contributed by atoms with E-state index in [1.54, 1.807) is 12.1 Å². The third-order valence-corrected chi connectivity index (χ3v) is 4.25. The van der Waals surface area contributed by atoms with Crippen molar-refractivity contribution in [3.05, 3.63) is 41.8 Å². The first-order valence-electron chi connectivity index (χ1n) is 7.03. The van der Waals surface area contributed by atoms with Crippen LogP contribution >= 0.6 is 0 Å². The number of hydrogen-bond acceptors (Lipinski definition) is 3. The van der Waals surface area contributed by atoms with Crippen LogP contribution in [0.5, 0.6) is 0 Å². The van der Waals surface area contributed by atoms with Gasteiger partial charge in [-0.1, -0.05) is 6.07 Å². The molecule has 3 rings (SSSR count). The van der Waals surface area contributed by atoms with Gasteiger partial charge in [0.1, 0.15) is 11.4 Å². The normalized spacial score (nSPS) is 21.3. The second-order valence-electron chi connectivity index (χ2n) is 5.67. The minimum absolute atomic E-state index is 0.102. The number of carbonyl (C=O) groups excluding carboxylic acids is 1. The van der Waals surface area contributed by atoms with Gasteiger partial charge in [-0.15, -0.1) is 0 Å². The smallest absolute Gasteiger partial charge is 0.329 e. The number of aliphatic carboxylic acids is 1. The van der Waals surface area contributed by atoms with Crippen LogP contribution in [0.2, 0.25) is 0 Å². The zero-order chi connectivity index (χ0) is 15.9. The molecule has 5 nitrogen and oxygen atoms in total. The van der Waals surface area contributed by atoms with E-state index in [0.29, 0.717) is 30.3 Å². The van der Waals surface area contributed by atoms with Crippen molar-refractivity contribution in [2.45, 2.75) is 25.3 Å². The monoisotopic (exact) mass is 302 g/mol. The van der Waals surface area contributed by atoms with Crippen molar-refractivity contribution in [3.63, 3.8) is 0 Å². The topological polar surface area (TPSA) is 70.5 Å². The standard InChI is InChI=1S/C16H15FN2O3/c1-16(15(21)22)5-3-7-19(16)14(20)12-9-11(17)8-10-4-2-6-18-13(10)12/h2,4,6,8-9H,3,5,7H2,1H3,(H,21,22). The Kier molecular flexibility index (Phi) is 3.31. The molecule has 114 valence electrons. The second-order valence-corrected chi connectivity index (χ2v) is 5.67. The highest BCUT2D eigenvalue weighted by Crippen LogP contribution is 2.32. The van der Waals surface area contributed by atoms with E-state index in [-0.39, 0.29) is 5.56 Å². The lowest BCUT2D eigenvalue weighted by molar-refractivity contribution is -0.147. The van der Waals surface area contributed by atoms with E-state index in [9.17, 15) is 19.1 Å². The molecule has 1 aliphatic rings. The number of pyridine rings is 1. The zero-order valence-electron chi connectivity index (χ0n) is 12.0. The Bertz CT molecular complexity index is 777. The maximum Gasteiger partial charge on any atom is 0.329 e. The molecule has 0 saturated carbocycles. The molecule has 22 heavy (non-hydrogen) atoms. The van der Waals surface area contributed by atoms with Crippen LogP contribution in [0.25, 0.3) is 10.9 Å². The van der Waals surface area contributed by atoms with E-state index in [1.165, 1.54) is 24.1 Å². The molecular formula is C16H15FN2O3. The first-order chi connectivity index (χ1) is 10.4. The van der Waals surface area contributed by atoms with Gasteiger partial charge in [-0.3, -0.25) is 9.78 Å². The Morgan fingerprint density at radius 1 is 1.41 bits per heavy atom. The first kappa shape index (κ1) is 14.4. The summed E-state index contributed by atoms with van der Waals surface area (Å²) in [6.07, 6.45) is 2.52. The van der Waals surface area contributed by atoms with Crippen LogP contribution < -0.4 is 0 Å². The van der Waals surface area contributed by atoms with E-state index in [4.69, 9.17) is 0 Å². The Morgan fingerprint density at radius 2 is 2.18 bits per heavy atom. The van der Waals surface area contributed by atoms with Crippen molar-refractivity contribution in [1.82, 2.24) is 9.88 Å². The Balaban J connectivity index is 2.12. The van der Waals surface area contributed by atoms with Gasteiger partial charge < -0.3 is 10.0 Å². The van der Waals surface area contributed by atoms with Gasteiger partial charge in [0, 0.05) is 18.1 Å². The average molecular weight is 302 g/mol. The quantitative estimate of drug-likeness (QED) is 0.925. The molecule has 1 atom stereocenters. The molecule has 1 fully saturated rings. The third-order valence-electron chi connectivity index (χ3n) is 4.25. The van der Waals surface area contributed by atoms with Crippen molar-refractivity contribution in [1.29, 1.82) is 0 Å². The number of carboxylic acids is 1. The largest absolute Gasteiger partial charge is 0.480 e. The number of carbonyl (C=O) groups is 2. The van der Waals surface area contributed by atoms with Crippen molar-refractivity contribution in [2.24, 2.45) is 0 Å². The third kappa shape index (κ3) is 2.11. The molecule has 1 saturated heterocycles. The van der Waals surface area contributed by atoms with Gasteiger partial charge in [0.15, 0.2) is 0 Å². The maximum absolute atomic E-state index is 13.8. The Hall–Kier alpha value is -2.50. The highest BCUT2D eigenvalue weighted by molar-refractivity contribution is 6.07. The number of nitrogens with zero attached hydrogens (tertiary/aromatic N) is 2. The predicted octanol–water partition coefficient (Wildman–Crippen LogP) is 2.45. The molecule has 1 aromatic carbocycles. The lowest BCUT2D eigenvalue weighted by Crippen LogP contribution is -2.50. The highest BCUT2D eigenvalue weighted by atomic mass is 19.1. The van der Waals surface area contributed by atoms with Crippen LogP contribution in [-0.4, -0.2) is 39.0 Å². The molecule has 1 N–H and O–H groups in total. The van der Waals surface area contributed by atoms with E-state index in [0.717, 1.165) is 6.07 Å². The summed E-state index contributed by atoms with van der Waals surface area (Å²) in [4.78, 5) is 29.8. The van der Waals surface area contributed by atoms with Gasteiger partial charge in [0.05, 0.1) is 11.1 Å². The summed E-state index contributed by atoms with van der Waals surface area (Å²) >= 11 is 0. The minimum atomic E-state index is -1.26. The number of carboxylic acid groups (broad SMARTS) is 1. The summed E-state index contributed by atoms with van der Waals surface area (Å²) in [6, 6.07) is 5.76. The Labute approximate surface area is 126 Å². The van der Waals surface area contributed by atoms with Crippen molar-refractivity contribution in [2.75, 3.05) is 6.54 Å². The second kappa shape index (κ2) is 5.05. The van der Waals surface area contributed by atoms with E-state index >= 15 is 0 Å². The van der Waals surface area contributed by atoms with Crippen molar-refractivity contribution >= 4 is 22.8 Å². The lowest BCUT2D eigenvalue weighted by atomic mass is 9.98. The fourth-order valence-electron chi connectivity index (χ4n) is 2.98. The molecule has 0 bridgehead atoms. The SMILES string of the molecule is CC1(C(=O)O)CCCN1C(=O)c1cc(F)cc2cccnc12. The van der Waals surface area contributed by atoms with Gasteiger partial charge >= 0.3 is 5.97 Å². The molecule has 1 unspecified atom stereocenters. The fourth-order valence-corrected chi connectivity index (χ4v) is 2.98. The number of likely N-dealkylation sites (tertiary alicyclic amines) is 1. The van der Waals surface area contributed by atoms with E-state index in [2.05, 4.69) is 4.98 Å². The molecule has 1 aromatic heterocycles. The number of fused-ring (bicyclic) bond motifs is 1. The molecule has 0 aliphatic carbocycles. The highest BCUT2D eigenvalue weighted by Gasteiger charge is 2.46. The minimum Gasteiger partial charge on any atom is -0.480 e. The molecule has 6 heteroatoms. The Morgan fingerprint density at radius 3 is 2.91 bits per heavy atom. The summed E-state index contributed by atoms with van der Waals surface area (Å²) in [7, 11) is 0. The van der Waals surface area contributed by atoms with E-state index in [1.807, 2.05) is 0 Å². The van der Waals surface area contributed by atoms with Crippen LogP contribution in [0, 0.1) is 5.82 Å². The zero-order valence-corrected chi connectivity index (χ0v) is 12.0. The van der Waals surface area contributed by atoms with Gasteiger partial charge in [-0.05, 0) is 38.0 Å². The predicted molar refractivity (Wildman–Crippen MR) is 78.0 cm³/mol. The molecule has 0 radical (unpaired) electrons. The van der Waals surface area contributed by atoms with E-state index < -0.39 is 23.2 Å². The van der Waals surface area contributed by atoms with Crippen LogP contribution in [0.1, 0.15) is 30.1 Å². The van der Waals surface area contributed by atoms with Crippen LogP contribution in [0.3, 0.4) is 0 Å². The average Bonchev–Trinajstić information content (AvgIpc) is 2.89. The molecule has 2 heterocycles. The summed E-state index contributed by atoms with van der Waals surface area (Å²) < 4.78 is 13.8. The molecule has 1 amide bonds. The summed E-state index contributed by atoms with van der Waals surface area (Å²) in [6.45, 7) is 1.86. The number of amides is 1. The lowest BCUT2D eigenvalue weighted by Gasteiger charge is -2.31. The maximum atomic E-state index is 13.8. The molecular weight excluding hydrogens is 287 g/mol.